The molecule has 2 aromatic rings. The maximum absolute atomic E-state index is 12.7. The van der Waals surface area contributed by atoms with E-state index in [0.29, 0.717) is 42.9 Å². The molecule has 30 heavy (non-hydrogen) atoms. The van der Waals surface area contributed by atoms with Gasteiger partial charge in [0, 0.05) is 25.2 Å². The fraction of sp³-hybridized carbons (Fsp3) is 0.364. The fourth-order valence-corrected chi connectivity index (χ4v) is 4.92. The molecular weight excluding hydrogens is 402 g/mol. The van der Waals surface area contributed by atoms with E-state index in [4.69, 9.17) is 0 Å². The van der Waals surface area contributed by atoms with Crippen LogP contribution in [0, 0.1) is 5.92 Å². The van der Waals surface area contributed by atoms with E-state index in [1.54, 1.807) is 61.5 Å². The number of carbonyl (C=O) groups is 2. The van der Waals surface area contributed by atoms with Crippen LogP contribution in [0.5, 0.6) is 0 Å². The van der Waals surface area contributed by atoms with Crippen molar-refractivity contribution in [2.45, 2.75) is 30.7 Å². The predicted octanol–water partition coefficient (Wildman–Crippen LogP) is 2.02. The van der Waals surface area contributed by atoms with E-state index < -0.39 is 16.1 Å². The molecule has 0 aliphatic carbocycles. The van der Waals surface area contributed by atoms with E-state index in [-0.39, 0.29) is 17.7 Å². The summed E-state index contributed by atoms with van der Waals surface area (Å²) in [6.45, 7) is 2.96. The van der Waals surface area contributed by atoms with E-state index >= 15 is 0 Å². The summed E-state index contributed by atoms with van der Waals surface area (Å²) in [4.78, 5) is 24.8. The number of piperidine rings is 1. The molecule has 2 N–H and O–H groups in total. The van der Waals surface area contributed by atoms with Gasteiger partial charge in [0.15, 0.2) is 0 Å². The predicted molar refractivity (Wildman–Crippen MR) is 114 cm³/mol. The van der Waals surface area contributed by atoms with Gasteiger partial charge in [0.25, 0.3) is 5.91 Å². The van der Waals surface area contributed by atoms with Crippen LogP contribution in [0.1, 0.15) is 30.1 Å². The summed E-state index contributed by atoms with van der Waals surface area (Å²) in [6, 6.07) is 16.5. The Labute approximate surface area is 177 Å². The molecule has 1 aliphatic heterocycles. The van der Waals surface area contributed by atoms with Gasteiger partial charge >= 0.3 is 0 Å². The lowest BCUT2D eigenvalue weighted by Crippen LogP contribution is -2.47. The largest absolute Gasteiger partial charge is 0.354 e. The Morgan fingerprint density at radius 1 is 1.00 bits per heavy atom. The monoisotopic (exact) mass is 429 g/mol. The van der Waals surface area contributed by atoms with Crippen LogP contribution >= 0.6 is 0 Å². The Bertz CT molecular complexity index is 956. The highest BCUT2D eigenvalue weighted by Crippen LogP contribution is 2.23. The number of nitrogens with one attached hydrogen (secondary N) is 2. The minimum atomic E-state index is -3.47. The third-order valence-corrected chi connectivity index (χ3v) is 7.21. The molecule has 2 aromatic carbocycles. The molecule has 1 fully saturated rings. The molecule has 1 unspecified atom stereocenters. The standard InChI is InChI=1S/C22H27N3O4S/c1-17(24-22(27)19-8-4-2-5-9-19)21(26)23-16-18-12-14-25(15-13-18)30(28,29)20-10-6-3-7-11-20/h2-11,17-18H,12-16H2,1H3,(H,23,26)(H,24,27). The summed E-state index contributed by atoms with van der Waals surface area (Å²) < 4.78 is 26.9. The second-order valence-electron chi connectivity index (χ2n) is 7.47. The van der Waals surface area contributed by atoms with Gasteiger partial charge in [-0.25, -0.2) is 8.42 Å². The maximum Gasteiger partial charge on any atom is 0.251 e. The number of benzene rings is 2. The van der Waals surface area contributed by atoms with Crippen LogP contribution in [0.4, 0.5) is 0 Å². The van der Waals surface area contributed by atoms with Crippen LogP contribution < -0.4 is 10.6 Å². The van der Waals surface area contributed by atoms with Crippen molar-refractivity contribution in [3.63, 3.8) is 0 Å². The van der Waals surface area contributed by atoms with Gasteiger partial charge in [-0.1, -0.05) is 36.4 Å². The van der Waals surface area contributed by atoms with Gasteiger partial charge in [0.1, 0.15) is 6.04 Å². The molecule has 1 aliphatic rings. The van der Waals surface area contributed by atoms with Crippen molar-refractivity contribution in [2.75, 3.05) is 19.6 Å². The molecule has 7 nitrogen and oxygen atoms in total. The van der Waals surface area contributed by atoms with Crippen molar-refractivity contribution in [1.82, 2.24) is 14.9 Å². The zero-order valence-corrected chi connectivity index (χ0v) is 17.8. The molecule has 1 heterocycles. The fourth-order valence-electron chi connectivity index (χ4n) is 3.43. The smallest absolute Gasteiger partial charge is 0.251 e. The first-order valence-electron chi connectivity index (χ1n) is 10.1. The van der Waals surface area contributed by atoms with E-state index in [1.807, 2.05) is 6.07 Å². The molecular formula is C22H27N3O4S. The summed E-state index contributed by atoms with van der Waals surface area (Å²) in [5.74, 6) is -0.343. The average Bonchev–Trinajstić information content (AvgIpc) is 2.78. The van der Waals surface area contributed by atoms with Crippen LogP contribution in [0.25, 0.3) is 0 Å². The van der Waals surface area contributed by atoms with Crippen LogP contribution in [0.2, 0.25) is 0 Å². The van der Waals surface area contributed by atoms with Gasteiger partial charge in [0.05, 0.1) is 4.90 Å². The SMILES string of the molecule is CC(NC(=O)c1ccccc1)C(=O)NCC1CCN(S(=O)(=O)c2ccccc2)CC1. The number of nitrogens with zero attached hydrogens (tertiary/aromatic N) is 1. The Hall–Kier alpha value is -2.71. The number of hydrogen-bond acceptors (Lipinski definition) is 4. The van der Waals surface area contributed by atoms with Crippen LogP contribution in [0.3, 0.4) is 0 Å². The average molecular weight is 430 g/mol. The molecule has 0 spiro atoms. The molecule has 0 aromatic heterocycles. The molecule has 2 amide bonds. The molecule has 1 saturated heterocycles. The zero-order valence-electron chi connectivity index (χ0n) is 17.0. The summed E-state index contributed by atoms with van der Waals surface area (Å²) in [5.41, 5.74) is 0.504. The van der Waals surface area contributed by atoms with Crippen LogP contribution in [-0.2, 0) is 14.8 Å². The summed E-state index contributed by atoms with van der Waals surface area (Å²) >= 11 is 0. The highest BCUT2D eigenvalue weighted by atomic mass is 32.2. The van der Waals surface area contributed by atoms with Gasteiger partial charge in [-0.15, -0.1) is 0 Å². The van der Waals surface area contributed by atoms with Crippen molar-refractivity contribution in [3.8, 4) is 0 Å². The van der Waals surface area contributed by atoms with Crippen LogP contribution in [-0.4, -0.2) is 50.2 Å². The van der Waals surface area contributed by atoms with Crippen molar-refractivity contribution >= 4 is 21.8 Å². The molecule has 1 atom stereocenters. The molecule has 8 heteroatoms. The minimum Gasteiger partial charge on any atom is -0.354 e. The molecule has 0 saturated carbocycles. The highest BCUT2D eigenvalue weighted by Gasteiger charge is 2.29. The maximum atomic E-state index is 12.7. The molecule has 160 valence electrons. The number of rotatable bonds is 7. The minimum absolute atomic E-state index is 0.202. The van der Waals surface area contributed by atoms with Crippen LogP contribution in [0.15, 0.2) is 65.6 Å². The quantitative estimate of drug-likeness (QED) is 0.704. The normalized spacial score (nSPS) is 16.6. The molecule has 3 rings (SSSR count). The van der Waals surface area contributed by atoms with E-state index in [2.05, 4.69) is 10.6 Å². The van der Waals surface area contributed by atoms with Gasteiger partial charge in [-0.05, 0) is 49.9 Å². The van der Waals surface area contributed by atoms with Crippen molar-refractivity contribution < 1.29 is 18.0 Å². The number of carbonyl (C=O) groups excluding carboxylic acids is 2. The second kappa shape index (κ2) is 9.86. The number of amides is 2. The van der Waals surface area contributed by atoms with Gasteiger partial charge in [-0.3, -0.25) is 9.59 Å². The lowest BCUT2D eigenvalue weighted by atomic mass is 9.98. The van der Waals surface area contributed by atoms with Crippen molar-refractivity contribution in [2.24, 2.45) is 5.92 Å². The zero-order chi connectivity index (χ0) is 21.6. The highest BCUT2D eigenvalue weighted by molar-refractivity contribution is 7.89. The molecule has 0 bridgehead atoms. The topological polar surface area (TPSA) is 95.6 Å². The Morgan fingerprint density at radius 3 is 2.17 bits per heavy atom. The van der Waals surface area contributed by atoms with Gasteiger partial charge < -0.3 is 10.6 Å². The third kappa shape index (κ3) is 5.46. The number of sulfonamides is 1. The lowest BCUT2D eigenvalue weighted by Gasteiger charge is -2.31. The van der Waals surface area contributed by atoms with Gasteiger partial charge in [0.2, 0.25) is 15.9 Å². The first-order valence-corrected chi connectivity index (χ1v) is 11.5. The second-order valence-corrected chi connectivity index (χ2v) is 9.40. The summed E-state index contributed by atoms with van der Waals surface area (Å²) in [5, 5.41) is 5.56. The summed E-state index contributed by atoms with van der Waals surface area (Å²) in [7, 11) is -3.47. The Morgan fingerprint density at radius 2 is 1.57 bits per heavy atom. The van der Waals surface area contributed by atoms with Crippen molar-refractivity contribution in [3.05, 3.63) is 66.2 Å². The Balaban J connectivity index is 1.44. The van der Waals surface area contributed by atoms with Crippen molar-refractivity contribution in [1.29, 1.82) is 0 Å². The van der Waals surface area contributed by atoms with E-state index in [9.17, 15) is 18.0 Å². The Kier molecular flexibility index (Phi) is 7.23. The first kappa shape index (κ1) is 22.0. The lowest BCUT2D eigenvalue weighted by molar-refractivity contribution is -0.122. The van der Waals surface area contributed by atoms with Gasteiger partial charge in [-0.2, -0.15) is 4.31 Å². The molecule has 0 radical (unpaired) electrons. The van der Waals surface area contributed by atoms with E-state index in [0.717, 1.165) is 0 Å². The first-order chi connectivity index (χ1) is 14.4. The third-order valence-electron chi connectivity index (χ3n) is 5.30. The summed E-state index contributed by atoms with van der Waals surface area (Å²) in [6.07, 6.45) is 1.36. The number of hydrogen-bond donors (Lipinski definition) is 2. The van der Waals surface area contributed by atoms with E-state index in [1.165, 1.54) is 4.31 Å².